The number of benzene rings is 1. The standard InChI is InChI=1S/C23H22N6O/c30-21-9-8-17-12-24-23(27-22(17)29(21)20-11-15-6-7-16(20)10-15)28(19-13-25-26-14-19)18-4-2-1-3-5-18/h1-5,8-9,12-16,20H,6-7,10-11H2,(H,25,26). The van der Waals surface area contributed by atoms with Gasteiger partial charge in [-0.05, 0) is 49.3 Å². The van der Waals surface area contributed by atoms with Gasteiger partial charge in [0.1, 0.15) is 5.65 Å². The van der Waals surface area contributed by atoms with Crippen molar-refractivity contribution < 1.29 is 0 Å². The lowest BCUT2D eigenvalue weighted by atomic mass is 9.95. The Kier molecular flexibility index (Phi) is 3.94. The maximum absolute atomic E-state index is 13.0. The molecule has 150 valence electrons. The maximum atomic E-state index is 13.0. The van der Waals surface area contributed by atoms with Gasteiger partial charge in [0.2, 0.25) is 5.95 Å². The molecule has 7 nitrogen and oxygen atoms in total. The third-order valence-corrected chi connectivity index (χ3v) is 6.64. The van der Waals surface area contributed by atoms with E-state index in [2.05, 4.69) is 15.2 Å². The fraction of sp³-hybridized carbons (Fsp3) is 0.304. The molecule has 4 aromatic rings. The molecule has 30 heavy (non-hydrogen) atoms. The average molecular weight is 398 g/mol. The number of nitrogens with one attached hydrogen (secondary N) is 1. The van der Waals surface area contributed by atoms with Gasteiger partial charge in [-0.25, -0.2) is 4.98 Å². The number of hydrogen-bond acceptors (Lipinski definition) is 5. The Labute approximate surface area is 173 Å². The number of para-hydroxylation sites is 1. The lowest BCUT2D eigenvalue weighted by Gasteiger charge is -2.26. The van der Waals surface area contributed by atoms with Crippen LogP contribution in [-0.2, 0) is 0 Å². The fourth-order valence-electron chi connectivity index (χ4n) is 5.31. The van der Waals surface area contributed by atoms with Crippen molar-refractivity contribution in [1.82, 2.24) is 24.7 Å². The zero-order valence-electron chi connectivity index (χ0n) is 16.5. The molecule has 0 amide bonds. The van der Waals surface area contributed by atoms with Crippen molar-refractivity contribution in [1.29, 1.82) is 0 Å². The molecule has 2 fully saturated rings. The largest absolute Gasteiger partial charge is 0.289 e. The predicted molar refractivity (Wildman–Crippen MR) is 115 cm³/mol. The van der Waals surface area contributed by atoms with Gasteiger partial charge >= 0.3 is 0 Å². The summed E-state index contributed by atoms with van der Waals surface area (Å²) in [6.07, 6.45) is 10.2. The molecule has 3 heterocycles. The number of H-pyrrole nitrogens is 1. The number of rotatable bonds is 4. The number of aromatic nitrogens is 5. The fourth-order valence-corrected chi connectivity index (χ4v) is 5.31. The number of nitrogens with zero attached hydrogens (tertiary/aromatic N) is 5. The first-order chi connectivity index (χ1) is 14.8. The Morgan fingerprint density at radius 2 is 1.90 bits per heavy atom. The molecule has 0 spiro atoms. The van der Waals surface area contributed by atoms with E-state index in [0.29, 0.717) is 11.9 Å². The molecule has 3 aromatic heterocycles. The summed E-state index contributed by atoms with van der Waals surface area (Å²) >= 11 is 0. The van der Waals surface area contributed by atoms with E-state index in [-0.39, 0.29) is 11.6 Å². The lowest BCUT2D eigenvalue weighted by Crippen LogP contribution is -2.28. The molecule has 7 heteroatoms. The number of anilines is 3. The van der Waals surface area contributed by atoms with Crippen molar-refractivity contribution in [3.63, 3.8) is 0 Å². The van der Waals surface area contributed by atoms with Crippen molar-refractivity contribution in [2.24, 2.45) is 11.8 Å². The minimum absolute atomic E-state index is 0.0271. The van der Waals surface area contributed by atoms with Crippen LogP contribution in [0.15, 0.2) is 65.8 Å². The van der Waals surface area contributed by atoms with E-state index in [0.717, 1.165) is 34.7 Å². The van der Waals surface area contributed by atoms with Gasteiger partial charge in [-0.15, -0.1) is 0 Å². The van der Waals surface area contributed by atoms with Gasteiger partial charge in [0.15, 0.2) is 0 Å². The van der Waals surface area contributed by atoms with Crippen molar-refractivity contribution in [2.75, 3.05) is 4.90 Å². The highest BCUT2D eigenvalue weighted by Gasteiger charge is 2.41. The molecular formula is C23H22N6O. The Bertz CT molecular complexity index is 1250. The van der Waals surface area contributed by atoms with Crippen molar-refractivity contribution in [3.05, 3.63) is 71.4 Å². The van der Waals surface area contributed by atoms with Crippen LogP contribution in [0.5, 0.6) is 0 Å². The normalized spacial score (nSPS) is 22.6. The zero-order valence-corrected chi connectivity index (χ0v) is 16.5. The number of aromatic amines is 1. The van der Waals surface area contributed by atoms with E-state index >= 15 is 0 Å². The maximum Gasteiger partial charge on any atom is 0.252 e. The summed E-state index contributed by atoms with van der Waals surface area (Å²) in [5.41, 5.74) is 2.52. The smallest absolute Gasteiger partial charge is 0.252 e. The van der Waals surface area contributed by atoms with Crippen LogP contribution in [0, 0.1) is 11.8 Å². The first kappa shape index (κ1) is 17.4. The van der Waals surface area contributed by atoms with Gasteiger partial charge in [-0.3, -0.25) is 19.4 Å². The van der Waals surface area contributed by atoms with Gasteiger partial charge in [0, 0.05) is 35.6 Å². The van der Waals surface area contributed by atoms with Gasteiger partial charge in [-0.2, -0.15) is 10.1 Å². The SMILES string of the molecule is O=c1ccc2cnc(N(c3ccccc3)c3cn[nH]c3)nc2n1C1CC2CCC1C2. The highest BCUT2D eigenvalue weighted by Crippen LogP contribution is 2.50. The predicted octanol–water partition coefficient (Wildman–Crippen LogP) is 4.35. The van der Waals surface area contributed by atoms with Crippen LogP contribution in [-0.4, -0.2) is 24.7 Å². The Morgan fingerprint density at radius 3 is 2.63 bits per heavy atom. The molecule has 0 radical (unpaired) electrons. The molecule has 3 atom stereocenters. The minimum Gasteiger partial charge on any atom is -0.289 e. The van der Waals surface area contributed by atoms with Gasteiger partial charge < -0.3 is 0 Å². The van der Waals surface area contributed by atoms with Gasteiger partial charge in [0.25, 0.3) is 5.56 Å². The highest BCUT2D eigenvalue weighted by atomic mass is 16.1. The quantitative estimate of drug-likeness (QED) is 0.553. The Hall–Kier alpha value is -3.48. The molecular weight excluding hydrogens is 376 g/mol. The third-order valence-electron chi connectivity index (χ3n) is 6.64. The van der Waals surface area contributed by atoms with Crippen molar-refractivity contribution in [2.45, 2.75) is 31.7 Å². The van der Waals surface area contributed by atoms with E-state index in [9.17, 15) is 4.79 Å². The Balaban J connectivity index is 1.54. The van der Waals surface area contributed by atoms with E-state index in [4.69, 9.17) is 4.98 Å². The first-order valence-corrected chi connectivity index (χ1v) is 10.5. The summed E-state index contributed by atoms with van der Waals surface area (Å²) in [5.74, 6) is 1.85. The minimum atomic E-state index is 0.0271. The van der Waals surface area contributed by atoms with Crippen LogP contribution in [0.3, 0.4) is 0 Å². The van der Waals surface area contributed by atoms with Crippen LogP contribution >= 0.6 is 0 Å². The number of pyridine rings is 1. The summed E-state index contributed by atoms with van der Waals surface area (Å²) in [7, 11) is 0. The third kappa shape index (κ3) is 2.73. The van der Waals surface area contributed by atoms with Gasteiger partial charge in [0.05, 0.1) is 11.9 Å². The van der Waals surface area contributed by atoms with Crippen molar-refractivity contribution >= 4 is 28.4 Å². The topological polar surface area (TPSA) is 79.7 Å². The van der Waals surface area contributed by atoms with Crippen LogP contribution in [0.4, 0.5) is 17.3 Å². The second kappa shape index (κ2) is 6.79. The van der Waals surface area contributed by atoms with Crippen LogP contribution < -0.4 is 10.5 Å². The Morgan fingerprint density at radius 1 is 1.00 bits per heavy atom. The molecule has 0 saturated heterocycles. The summed E-state index contributed by atoms with van der Waals surface area (Å²) in [4.78, 5) is 24.5. The molecule has 2 aliphatic rings. The summed E-state index contributed by atoms with van der Waals surface area (Å²) in [6, 6.07) is 13.7. The van der Waals surface area contributed by atoms with E-state index in [1.807, 2.05) is 58.3 Å². The van der Waals surface area contributed by atoms with Crippen LogP contribution in [0.25, 0.3) is 11.0 Å². The molecule has 3 unspecified atom stereocenters. The molecule has 1 N–H and O–H groups in total. The highest BCUT2D eigenvalue weighted by molar-refractivity contribution is 5.78. The summed E-state index contributed by atoms with van der Waals surface area (Å²) in [6.45, 7) is 0. The molecule has 2 saturated carbocycles. The monoisotopic (exact) mass is 398 g/mol. The van der Waals surface area contributed by atoms with E-state index in [1.54, 1.807) is 12.3 Å². The average Bonchev–Trinajstić information content (AvgIpc) is 3.54. The second-order valence-electron chi connectivity index (χ2n) is 8.36. The van der Waals surface area contributed by atoms with Gasteiger partial charge in [-0.1, -0.05) is 24.6 Å². The van der Waals surface area contributed by atoms with E-state index < -0.39 is 0 Å². The molecule has 1 aromatic carbocycles. The molecule has 6 rings (SSSR count). The summed E-state index contributed by atoms with van der Waals surface area (Å²) in [5, 5.41) is 7.86. The second-order valence-corrected chi connectivity index (χ2v) is 8.36. The zero-order chi connectivity index (χ0) is 20.1. The lowest BCUT2D eigenvalue weighted by molar-refractivity contribution is 0.329. The van der Waals surface area contributed by atoms with Crippen LogP contribution in [0.1, 0.15) is 31.7 Å². The first-order valence-electron chi connectivity index (χ1n) is 10.5. The molecule has 2 bridgehead atoms. The number of hydrogen-bond donors (Lipinski definition) is 1. The number of fused-ring (bicyclic) bond motifs is 3. The van der Waals surface area contributed by atoms with Crippen molar-refractivity contribution in [3.8, 4) is 0 Å². The van der Waals surface area contributed by atoms with Crippen LogP contribution in [0.2, 0.25) is 0 Å². The van der Waals surface area contributed by atoms with E-state index in [1.165, 1.54) is 19.3 Å². The summed E-state index contributed by atoms with van der Waals surface area (Å²) < 4.78 is 1.93. The molecule has 0 aliphatic heterocycles. The molecule has 2 aliphatic carbocycles.